The summed E-state index contributed by atoms with van der Waals surface area (Å²) in [5.74, 6) is 0.768. The van der Waals surface area contributed by atoms with Crippen molar-refractivity contribution in [1.29, 1.82) is 0 Å². The van der Waals surface area contributed by atoms with Gasteiger partial charge in [0.15, 0.2) is 0 Å². The molecule has 2 aromatic carbocycles. The summed E-state index contributed by atoms with van der Waals surface area (Å²) in [6.07, 6.45) is -4.34. The van der Waals surface area contributed by atoms with E-state index >= 15 is 0 Å². The lowest BCUT2D eigenvalue weighted by atomic mass is 10.0. The molecule has 1 N–H and O–H groups in total. The van der Waals surface area contributed by atoms with Gasteiger partial charge in [-0.05, 0) is 36.7 Å². The zero-order chi connectivity index (χ0) is 16.2. The quantitative estimate of drug-likeness (QED) is 0.858. The number of ether oxygens (including phenoxy) is 1. The molecule has 0 unspecified atom stereocenters. The van der Waals surface area contributed by atoms with Crippen LogP contribution in [0.15, 0.2) is 36.4 Å². The number of hydrogen-bond donors (Lipinski definition) is 1. The summed E-state index contributed by atoms with van der Waals surface area (Å²) in [6.45, 7) is 2.02. The molecule has 0 bridgehead atoms. The van der Waals surface area contributed by atoms with E-state index in [0.29, 0.717) is 13.0 Å². The average molecular weight is 311 g/mol. The van der Waals surface area contributed by atoms with E-state index in [0.717, 1.165) is 22.1 Å². The van der Waals surface area contributed by atoms with Gasteiger partial charge in [-0.25, -0.2) is 0 Å². The number of methoxy groups -OCH3 is 1. The summed E-state index contributed by atoms with van der Waals surface area (Å²) in [4.78, 5) is 0. The van der Waals surface area contributed by atoms with Gasteiger partial charge < -0.3 is 10.1 Å². The Morgan fingerprint density at radius 3 is 2.55 bits per heavy atom. The first kappa shape index (κ1) is 16.6. The van der Waals surface area contributed by atoms with E-state index < -0.39 is 18.6 Å². The van der Waals surface area contributed by atoms with Gasteiger partial charge in [0.1, 0.15) is 5.75 Å². The Hall–Kier alpha value is -1.75. The molecule has 0 aromatic heterocycles. The molecular weight excluding hydrogens is 291 g/mol. The molecule has 2 nitrogen and oxygen atoms in total. The third-order valence-corrected chi connectivity index (χ3v) is 3.62. The molecule has 0 aliphatic heterocycles. The molecule has 0 radical (unpaired) electrons. The fourth-order valence-electron chi connectivity index (χ4n) is 2.63. The van der Waals surface area contributed by atoms with E-state index in [1.165, 1.54) is 0 Å². The van der Waals surface area contributed by atoms with E-state index in [9.17, 15) is 13.2 Å². The highest BCUT2D eigenvalue weighted by Crippen LogP contribution is 2.28. The molecule has 0 amide bonds. The number of rotatable bonds is 6. The second-order valence-electron chi connectivity index (χ2n) is 5.39. The molecule has 0 aliphatic carbocycles. The fraction of sp³-hybridized carbons (Fsp3) is 0.412. The predicted octanol–water partition coefficient (Wildman–Crippen LogP) is 4.32. The van der Waals surface area contributed by atoms with Crippen molar-refractivity contribution in [2.75, 3.05) is 13.7 Å². The lowest BCUT2D eigenvalue weighted by Gasteiger charge is -2.17. The first-order valence-electron chi connectivity index (χ1n) is 7.25. The molecule has 5 heteroatoms. The maximum Gasteiger partial charge on any atom is 0.390 e. The standard InChI is InChI=1S/C17H20F3NO/c1-12(11-17(18,19)20)21-10-9-15-14-6-4-3-5-13(14)7-8-16(15)22-2/h3-8,12,21H,9-11H2,1-2H3/t12-/m0/s1. The van der Waals surface area contributed by atoms with Crippen molar-refractivity contribution in [3.63, 3.8) is 0 Å². The van der Waals surface area contributed by atoms with Crippen LogP contribution in [0.4, 0.5) is 13.2 Å². The van der Waals surface area contributed by atoms with Gasteiger partial charge in [0.05, 0.1) is 13.5 Å². The van der Waals surface area contributed by atoms with Crippen LogP contribution >= 0.6 is 0 Å². The molecule has 0 saturated heterocycles. The normalized spacial score (nSPS) is 13.3. The molecule has 1 atom stereocenters. The number of halogens is 3. The molecule has 2 aromatic rings. The van der Waals surface area contributed by atoms with Gasteiger partial charge in [-0.3, -0.25) is 0 Å². The summed E-state index contributed by atoms with van der Waals surface area (Å²) < 4.78 is 42.4. The highest BCUT2D eigenvalue weighted by atomic mass is 19.4. The zero-order valence-electron chi connectivity index (χ0n) is 12.7. The van der Waals surface area contributed by atoms with Crippen molar-refractivity contribution < 1.29 is 17.9 Å². The fourth-order valence-corrected chi connectivity index (χ4v) is 2.63. The van der Waals surface area contributed by atoms with Crippen LogP contribution in [-0.2, 0) is 6.42 Å². The minimum atomic E-state index is -4.14. The highest BCUT2D eigenvalue weighted by Gasteiger charge is 2.29. The first-order chi connectivity index (χ1) is 10.4. The van der Waals surface area contributed by atoms with Crippen molar-refractivity contribution in [2.45, 2.75) is 32.0 Å². The third-order valence-electron chi connectivity index (χ3n) is 3.62. The van der Waals surface area contributed by atoms with Crippen LogP contribution in [0.3, 0.4) is 0 Å². The molecule has 2 rings (SSSR count). The minimum absolute atomic E-state index is 0.474. The molecule has 0 spiro atoms. The average Bonchev–Trinajstić information content (AvgIpc) is 2.45. The van der Waals surface area contributed by atoms with Crippen LogP contribution in [0.2, 0.25) is 0 Å². The largest absolute Gasteiger partial charge is 0.496 e. The molecule has 0 saturated carbocycles. The summed E-state index contributed by atoms with van der Waals surface area (Å²) in [5.41, 5.74) is 1.02. The van der Waals surface area contributed by atoms with Crippen LogP contribution in [0.25, 0.3) is 10.8 Å². The first-order valence-corrected chi connectivity index (χ1v) is 7.25. The lowest BCUT2D eigenvalue weighted by molar-refractivity contribution is -0.138. The Kier molecular flexibility index (Phi) is 5.29. The molecule has 0 aliphatic rings. The van der Waals surface area contributed by atoms with Crippen molar-refractivity contribution in [3.05, 3.63) is 42.0 Å². The van der Waals surface area contributed by atoms with Gasteiger partial charge in [0.2, 0.25) is 0 Å². The summed E-state index contributed by atoms with van der Waals surface area (Å²) in [7, 11) is 1.60. The minimum Gasteiger partial charge on any atom is -0.496 e. The Morgan fingerprint density at radius 2 is 1.86 bits per heavy atom. The van der Waals surface area contributed by atoms with Crippen molar-refractivity contribution in [3.8, 4) is 5.75 Å². The summed E-state index contributed by atoms with van der Waals surface area (Å²) in [6, 6.07) is 11.2. The van der Waals surface area contributed by atoms with Gasteiger partial charge in [-0.1, -0.05) is 30.3 Å². The van der Waals surface area contributed by atoms with Crippen molar-refractivity contribution >= 4 is 10.8 Å². The zero-order valence-corrected chi connectivity index (χ0v) is 12.7. The number of benzene rings is 2. The van der Waals surface area contributed by atoms with E-state index in [1.54, 1.807) is 14.0 Å². The van der Waals surface area contributed by atoms with E-state index in [1.807, 2.05) is 36.4 Å². The third kappa shape index (κ3) is 4.37. The Balaban J connectivity index is 2.07. The van der Waals surface area contributed by atoms with Gasteiger partial charge in [0, 0.05) is 11.6 Å². The number of nitrogens with one attached hydrogen (secondary N) is 1. The van der Waals surface area contributed by atoms with Gasteiger partial charge in [-0.15, -0.1) is 0 Å². The highest BCUT2D eigenvalue weighted by molar-refractivity contribution is 5.87. The number of hydrogen-bond acceptors (Lipinski definition) is 2. The van der Waals surface area contributed by atoms with Crippen LogP contribution in [0.5, 0.6) is 5.75 Å². The summed E-state index contributed by atoms with van der Waals surface area (Å²) >= 11 is 0. The molecule has 22 heavy (non-hydrogen) atoms. The van der Waals surface area contributed by atoms with E-state index in [-0.39, 0.29) is 0 Å². The second kappa shape index (κ2) is 7.01. The predicted molar refractivity (Wildman–Crippen MR) is 82.3 cm³/mol. The molecule has 120 valence electrons. The Morgan fingerprint density at radius 1 is 1.14 bits per heavy atom. The Labute approximate surface area is 128 Å². The number of fused-ring (bicyclic) bond motifs is 1. The van der Waals surface area contributed by atoms with Crippen LogP contribution in [0.1, 0.15) is 18.9 Å². The van der Waals surface area contributed by atoms with Crippen LogP contribution in [0, 0.1) is 0 Å². The molecule has 0 fully saturated rings. The smallest absolute Gasteiger partial charge is 0.390 e. The van der Waals surface area contributed by atoms with Crippen LogP contribution < -0.4 is 10.1 Å². The monoisotopic (exact) mass is 311 g/mol. The van der Waals surface area contributed by atoms with Gasteiger partial charge in [0.25, 0.3) is 0 Å². The van der Waals surface area contributed by atoms with Gasteiger partial charge in [-0.2, -0.15) is 13.2 Å². The number of alkyl halides is 3. The molecular formula is C17H20F3NO. The van der Waals surface area contributed by atoms with Crippen LogP contribution in [-0.4, -0.2) is 25.9 Å². The maximum absolute atomic E-state index is 12.3. The maximum atomic E-state index is 12.3. The topological polar surface area (TPSA) is 21.3 Å². The second-order valence-corrected chi connectivity index (χ2v) is 5.39. The Bertz CT molecular complexity index is 625. The lowest BCUT2D eigenvalue weighted by Crippen LogP contribution is -2.32. The van der Waals surface area contributed by atoms with Gasteiger partial charge >= 0.3 is 6.18 Å². The molecule has 0 heterocycles. The SMILES string of the molecule is COc1ccc2ccccc2c1CCN[C@@H](C)CC(F)(F)F. The van der Waals surface area contributed by atoms with E-state index in [2.05, 4.69) is 5.32 Å². The summed E-state index contributed by atoms with van der Waals surface area (Å²) in [5, 5.41) is 5.10. The van der Waals surface area contributed by atoms with E-state index in [4.69, 9.17) is 4.74 Å². The van der Waals surface area contributed by atoms with Crippen molar-refractivity contribution in [1.82, 2.24) is 5.32 Å². The van der Waals surface area contributed by atoms with Crippen molar-refractivity contribution in [2.24, 2.45) is 0 Å².